The van der Waals surface area contributed by atoms with Crippen LogP contribution in [0.15, 0.2) is 24.3 Å². The van der Waals surface area contributed by atoms with Crippen molar-refractivity contribution in [2.45, 2.75) is 19.8 Å². The third-order valence-electron chi connectivity index (χ3n) is 1.49. The summed E-state index contributed by atoms with van der Waals surface area (Å²) >= 11 is 0. The first-order chi connectivity index (χ1) is 4.84. The molecule has 0 atom stereocenters. The second-order valence-corrected chi connectivity index (χ2v) is 2.36. The number of aryl methyl sites for hydroxylation is 1. The van der Waals surface area contributed by atoms with E-state index in [2.05, 4.69) is 6.92 Å². The number of para-hydroxylation sites is 1. The minimum absolute atomic E-state index is 0.171. The lowest BCUT2D eigenvalue weighted by Crippen LogP contribution is -1.81. The van der Waals surface area contributed by atoms with Crippen molar-refractivity contribution in [3.63, 3.8) is 0 Å². The first kappa shape index (κ1) is 7.13. The molecule has 0 aliphatic heterocycles. The molecule has 0 spiro atoms. The molecule has 0 aliphatic carbocycles. The van der Waals surface area contributed by atoms with Crippen LogP contribution >= 0.6 is 0 Å². The Bertz CT molecular complexity index is 206. The van der Waals surface area contributed by atoms with E-state index in [1.165, 1.54) is 0 Å². The molecule has 1 aromatic carbocycles. The normalized spacial score (nSPS) is 9.70. The van der Waals surface area contributed by atoms with E-state index < -0.39 is 0 Å². The van der Waals surface area contributed by atoms with E-state index in [1.807, 2.05) is 12.1 Å². The minimum atomic E-state index is 0.171. The van der Waals surface area contributed by atoms with Crippen molar-refractivity contribution in [1.82, 2.24) is 0 Å². The molecule has 0 bridgehead atoms. The van der Waals surface area contributed by atoms with E-state index in [-0.39, 0.29) is 5.75 Å². The predicted molar refractivity (Wildman–Crippen MR) is 40.6 cm³/mol. The van der Waals surface area contributed by atoms with Crippen molar-refractivity contribution in [2.24, 2.45) is 0 Å². The maximum absolute atomic E-state index is 11.0. The van der Waals surface area contributed by atoms with Crippen LogP contribution in [0.3, 0.4) is 0 Å². The van der Waals surface area contributed by atoms with Gasteiger partial charge in [-0.1, -0.05) is 31.5 Å². The highest BCUT2D eigenvalue weighted by Crippen LogP contribution is 2.17. The predicted octanol–water partition coefficient (Wildman–Crippen LogP) is 2.78. The van der Waals surface area contributed by atoms with Gasteiger partial charge in [0.25, 0.3) is 0 Å². The summed E-state index contributed by atoms with van der Waals surface area (Å²) in [6, 6.07) is 7.20. The third kappa shape index (κ3) is 1.50. The Labute approximate surface area is 61.3 Å². The van der Waals surface area contributed by atoms with E-state index in [1.54, 1.807) is 12.1 Å². The van der Waals surface area contributed by atoms with Gasteiger partial charge in [-0.2, -0.15) is 0 Å². The molecule has 0 fully saturated rings. The van der Waals surface area contributed by atoms with Gasteiger partial charge in [0.2, 0.25) is 0 Å². The van der Waals surface area contributed by atoms with E-state index in [0.29, 0.717) is 0 Å². The molecule has 0 heterocycles. The second-order valence-electron chi connectivity index (χ2n) is 2.36. The van der Waals surface area contributed by atoms with Crippen LogP contribution in [0.5, 0.6) is 5.75 Å². The summed E-state index contributed by atoms with van der Waals surface area (Å²) in [6.45, 7) is 2.08. The smallest absolute Gasteiger partial charge is 0.181 e. The molecule has 0 N–H and O–H groups in total. The second kappa shape index (κ2) is 3.25. The van der Waals surface area contributed by atoms with Crippen LogP contribution in [0.25, 0.3) is 0 Å². The summed E-state index contributed by atoms with van der Waals surface area (Å²) in [5, 5.41) is 11.0. The third-order valence-corrected chi connectivity index (χ3v) is 1.49. The Morgan fingerprint density at radius 3 is 2.60 bits per heavy atom. The van der Waals surface area contributed by atoms with E-state index in [4.69, 9.17) is 0 Å². The summed E-state index contributed by atoms with van der Waals surface area (Å²) in [5.74, 6) is 0.171. The van der Waals surface area contributed by atoms with Gasteiger partial charge in [-0.3, -0.25) is 5.11 Å². The zero-order valence-electron chi connectivity index (χ0n) is 6.13. The SMILES string of the molecule is CCCc1ccccc1[O]. The van der Waals surface area contributed by atoms with E-state index in [9.17, 15) is 5.11 Å². The summed E-state index contributed by atoms with van der Waals surface area (Å²) in [4.78, 5) is 0. The van der Waals surface area contributed by atoms with Crippen molar-refractivity contribution in [2.75, 3.05) is 0 Å². The lowest BCUT2D eigenvalue weighted by atomic mass is 10.1. The maximum Gasteiger partial charge on any atom is 0.181 e. The molecule has 1 radical (unpaired) electrons. The van der Waals surface area contributed by atoms with Crippen molar-refractivity contribution in [1.29, 1.82) is 0 Å². The molecule has 1 rings (SSSR count). The molecule has 0 saturated carbocycles. The van der Waals surface area contributed by atoms with Crippen LogP contribution < -0.4 is 0 Å². The van der Waals surface area contributed by atoms with Crippen LogP contribution in [0.2, 0.25) is 0 Å². The molecule has 0 amide bonds. The van der Waals surface area contributed by atoms with Crippen molar-refractivity contribution >= 4 is 0 Å². The van der Waals surface area contributed by atoms with Gasteiger partial charge in [0.05, 0.1) is 0 Å². The van der Waals surface area contributed by atoms with Crippen LogP contribution in [-0.4, -0.2) is 0 Å². The molecule has 10 heavy (non-hydrogen) atoms. The fourth-order valence-electron chi connectivity index (χ4n) is 0.980. The summed E-state index contributed by atoms with van der Waals surface area (Å²) in [7, 11) is 0. The summed E-state index contributed by atoms with van der Waals surface area (Å²) < 4.78 is 0. The zero-order chi connectivity index (χ0) is 7.40. The Morgan fingerprint density at radius 2 is 2.00 bits per heavy atom. The molecular weight excluding hydrogens is 124 g/mol. The number of rotatable bonds is 2. The average molecular weight is 135 g/mol. The summed E-state index contributed by atoms with van der Waals surface area (Å²) in [6.07, 6.45) is 1.94. The van der Waals surface area contributed by atoms with Crippen LogP contribution in [0.4, 0.5) is 0 Å². The van der Waals surface area contributed by atoms with E-state index in [0.717, 1.165) is 18.4 Å². The monoisotopic (exact) mass is 135 g/mol. The van der Waals surface area contributed by atoms with Gasteiger partial charge >= 0.3 is 0 Å². The Balaban J connectivity index is 2.81. The highest BCUT2D eigenvalue weighted by atomic mass is 16.3. The topological polar surface area (TPSA) is 19.9 Å². The minimum Gasteiger partial charge on any atom is -0.290 e. The van der Waals surface area contributed by atoms with Crippen molar-refractivity contribution < 1.29 is 5.11 Å². The Kier molecular flexibility index (Phi) is 2.32. The maximum atomic E-state index is 11.0. The fourth-order valence-corrected chi connectivity index (χ4v) is 0.980. The number of benzene rings is 1. The summed E-state index contributed by atoms with van der Waals surface area (Å²) in [5.41, 5.74) is 0.935. The lowest BCUT2D eigenvalue weighted by molar-refractivity contribution is 0.349. The first-order valence-electron chi connectivity index (χ1n) is 3.59. The van der Waals surface area contributed by atoms with Gasteiger partial charge in [-0.15, -0.1) is 0 Å². The molecule has 0 unspecified atom stereocenters. The molecule has 0 aromatic heterocycles. The van der Waals surface area contributed by atoms with Gasteiger partial charge < -0.3 is 0 Å². The van der Waals surface area contributed by atoms with Crippen LogP contribution in [0, 0.1) is 0 Å². The van der Waals surface area contributed by atoms with Crippen molar-refractivity contribution in [3.8, 4) is 5.75 Å². The molecule has 1 aromatic rings. The van der Waals surface area contributed by atoms with Crippen LogP contribution in [0.1, 0.15) is 18.9 Å². The van der Waals surface area contributed by atoms with Gasteiger partial charge in [-0.25, -0.2) is 0 Å². The quantitative estimate of drug-likeness (QED) is 0.594. The molecule has 1 nitrogen and oxygen atoms in total. The lowest BCUT2D eigenvalue weighted by Gasteiger charge is -1.96. The largest absolute Gasteiger partial charge is 0.290 e. The molecule has 0 aliphatic rings. The zero-order valence-corrected chi connectivity index (χ0v) is 6.13. The van der Waals surface area contributed by atoms with E-state index >= 15 is 0 Å². The van der Waals surface area contributed by atoms with Gasteiger partial charge in [0, 0.05) is 0 Å². The Hall–Kier alpha value is -0.980. The molecule has 0 saturated heterocycles. The van der Waals surface area contributed by atoms with Crippen molar-refractivity contribution in [3.05, 3.63) is 29.8 Å². The Morgan fingerprint density at radius 1 is 1.30 bits per heavy atom. The standard InChI is InChI=1S/C9H11O/c1-2-5-8-6-3-4-7-9(8)10/h3-4,6-7H,2,5H2,1H3. The number of hydrogen-bond acceptors (Lipinski definition) is 0. The molecule has 53 valence electrons. The first-order valence-corrected chi connectivity index (χ1v) is 3.59. The van der Waals surface area contributed by atoms with Crippen LogP contribution in [-0.2, 0) is 11.5 Å². The number of hydrogen-bond donors (Lipinski definition) is 0. The fraction of sp³-hybridized carbons (Fsp3) is 0.333. The molecule has 1 heteroatoms. The van der Waals surface area contributed by atoms with Gasteiger partial charge in [0.15, 0.2) is 5.75 Å². The highest BCUT2D eigenvalue weighted by Gasteiger charge is 1.97. The highest BCUT2D eigenvalue weighted by molar-refractivity contribution is 5.31. The van der Waals surface area contributed by atoms with Gasteiger partial charge in [-0.05, 0) is 18.1 Å². The molecular formula is C9H11O. The van der Waals surface area contributed by atoms with Gasteiger partial charge in [0.1, 0.15) is 0 Å². The average Bonchev–Trinajstić information content (AvgIpc) is 1.94.